The van der Waals surface area contributed by atoms with Gasteiger partial charge in [-0.2, -0.15) is 5.11 Å². The van der Waals surface area contributed by atoms with Crippen LogP contribution >= 0.6 is 0 Å². The van der Waals surface area contributed by atoms with E-state index in [2.05, 4.69) is 10.2 Å². The molecule has 0 aliphatic carbocycles. The fraction of sp³-hybridized carbons (Fsp3) is 0. The van der Waals surface area contributed by atoms with Crippen LogP contribution in [-0.4, -0.2) is 22.4 Å². The normalized spacial score (nSPS) is 10.5. The Labute approximate surface area is 164 Å². The molecule has 0 aliphatic heterocycles. The summed E-state index contributed by atoms with van der Waals surface area (Å²) >= 11 is 0. The summed E-state index contributed by atoms with van der Waals surface area (Å²) in [6.45, 7) is 0. The van der Waals surface area contributed by atoms with E-state index in [9.17, 15) is 10.1 Å². The molecule has 0 spiro atoms. The number of anilines is 2. The van der Waals surface area contributed by atoms with Crippen LogP contribution in [0.3, 0.4) is 0 Å². The number of nitrogens with two attached hydrogens (primary N) is 2. The largest absolute Gasteiger partial charge is 1.00 e. The summed E-state index contributed by atoms with van der Waals surface area (Å²) in [6, 6.07) is 10.6. The maximum Gasteiger partial charge on any atom is 1.00 e. The molecule has 2 aromatic carbocycles. The Bertz CT molecular complexity index is 849. The molecule has 0 saturated heterocycles. The smallest absolute Gasteiger partial charge is 0.726 e. The SMILES string of the molecule is Nc1ccc(N=Nc2ccc([N+](=O)[O-])cc2)c(N)c1.O=S(=O)([O-])O.[Na+]. The molecule has 0 aromatic heterocycles. The Balaban J connectivity index is 0.000000848. The zero-order valence-corrected chi connectivity index (χ0v) is 15.8. The van der Waals surface area contributed by atoms with Crippen LogP contribution in [0.4, 0.5) is 28.4 Å². The van der Waals surface area contributed by atoms with E-state index in [1.807, 2.05) is 0 Å². The fourth-order valence-corrected chi connectivity index (χ4v) is 1.42. The van der Waals surface area contributed by atoms with Gasteiger partial charge < -0.3 is 16.0 Å². The summed E-state index contributed by atoms with van der Waals surface area (Å²) in [7, 11) is -4.92. The van der Waals surface area contributed by atoms with E-state index in [1.54, 1.807) is 18.2 Å². The average Bonchev–Trinajstić information content (AvgIpc) is 2.45. The number of hydrogen-bond acceptors (Lipinski definition) is 9. The molecule has 0 amide bonds. The first-order valence-electron chi connectivity index (χ1n) is 6.06. The second kappa shape index (κ2) is 10.0. The number of nitrogens with zero attached hydrogens (tertiary/aromatic N) is 3. The van der Waals surface area contributed by atoms with Crippen LogP contribution in [-0.2, 0) is 10.4 Å². The Morgan fingerprint density at radius 2 is 1.56 bits per heavy atom. The Hall–Kier alpha value is -2.09. The van der Waals surface area contributed by atoms with Crippen LogP contribution in [0.5, 0.6) is 0 Å². The molecule has 25 heavy (non-hydrogen) atoms. The Morgan fingerprint density at radius 3 is 2.00 bits per heavy atom. The number of rotatable bonds is 3. The van der Waals surface area contributed by atoms with E-state index in [0.29, 0.717) is 22.7 Å². The van der Waals surface area contributed by atoms with Crippen molar-refractivity contribution >= 4 is 38.8 Å². The summed E-state index contributed by atoms with van der Waals surface area (Å²) in [4.78, 5) is 10.0. The first kappa shape index (κ1) is 22.9. The maximum absolute atomic E-state index is 10.5. The zero-order chi connectivity index (χ0) is 18.3. The standard InChI is InChI=1S/C12H11N5O2.Na.H2O4S/c13-8-1-6-12(11(14)7-8)16-15-9-2-4-10(5-3-9)17(18)19;;1-5(2,3)4/h1-7H,13-14H2;;(H2,1,2,3,4)/q;+1;/p-1. The van der Waals surface area contributed by atoms with Crippen molar-refractivity contribution in [2.24, 2.45) is 10.2 Å². The quantitative estimate of drug-likeness (QED) is 0.117. The molecular formula is C12H12N5NaO6S. The van der Waals surface area contributed by atoms with E-state index in [1.165, 1.54) is 24.3 Å². The van der Waals surface area contributed by atoms with E-state index >= 15 is 0 Å². The van der Waals surface area contributed by atoms with Crippen LogP contribution in [0, 0.1) is 10.1 Å². The molecule has 0 heterocycles. The maximum atomic E-state index is 10.5. The third-order valence-corrected chi connectivity index (χ3v) is 2.39. The molecule has 0 radical (unpaired) electrons. The van der Waals surface area contributed by atoms with Gasteiger partial charge in [0.1, 0.15) is 5.69 Å². The van der Waals surface area contributed by atoms with E-state index < -0.39 is 15.3 Å². The van der Waals surface area contributed by atoms with E-state index in [0.717, 1.165) is 0 Å². The van der Waals surface area contributed by atoms with Crippen molar-refractivity contribution in [3.63, 3.8) is 0 Å². The van der Waals surface area contributed by atoms with Gasteiger partial charge in [-0.1, -0.05) is 0 Å². The molecule has 11 nitrogen and oxygen atoms in total. The third kappa shape index (κ3) is 9.71. The van der Waals surface area contributed by atoms with Gasteiger partial charge >= 0.3 is 29.6 Å². The number of nitro groups is 1. The second-order valence-electron chi connectivity index (χ2n) is 4.22. The van der Waals surface area contributed by atoms with Gasteiger partial charge in [-0.25, -0.2) is 8.42 Å². The molecule has 0 bridgehead atoms. The fourth-order valence-electron chi connectivity index (χ4n) is 1.42. The summed E-state index contributed by atoms with van der Waals surface area (Å²) in [6.07, 6.45) is 0. The summed E-state index contributed by atoms with van der Waals surface area (Å²) in [5.74, 6) is 0. The third-order valence-electron chi connectivity index (χ3n) is 2.39. The van der Waals surface area contributed by atoms with Crippen molar-refractivity contribution in [2.45, 2.75) is 0 Å². The monoisotopic (exact) mass is 377 g/mol. The van der Waals surface area contributed by atoms with Gasteiger partial charge in [0, 0.05) is 17.8 Å². The van der Waals surface area contributed by atoms with Gasteiger partial charge in [0.25, 0.3) is 5.69 Å². The molecule has 0 saturated carbocycles. The predicted octanol–water partition coefficient (Wildman–Crippen LogP) is -0.817. The molecule has 0 aliphatic rings. The minimum Gasteiger partial charge on any atom is -0.726 e. The predicted molar refractivity (Wildman–Crippen MR) is 84.9 cm³/mol. The Morgan fingerprint density at radius 1 is 1.04 bits per heavy atom. The molecule has 0 fully saturated rings. The molecule has 0 unspecified atom stereocenters. The summed E-state index contributed by atoms with van der Waals surface area (Å²) < 4.78 is 32.8. The van der Waals surface area contributed by atoms with Crippen molar-refractivity contribution in [3.05, 3.63) is 52.6 Å². The number of nitro benzene ring substituents is 1. The van der Waals surface area contributed by atoms with Crippen molar-refractivity contribution in [3.8, 4) is 0 Å². The van der Waals surface area contributed by atoms with E-state index in [-0.39, 0.29) is 35.2 Å². The number of azo groups is 1. The minimum absolute atomic E-state index is 0. The molecule has 2 rings (SSSR count). The van der Waals surface area contributed by atoms with Gasteiger partial charge in [0.05, 0.1) is 16.3 Å². The van der Waals surface area contributed by atoms with Gasteiger partial charge in [-0.3, -0.25) is 14.7 Å². The minimum atomic E-state index is -4.92. The molecule has 5 N–H and O–H groups in total. The topological polar surface area (TPSA) is 197 Å². The average molecular weight is 377 g/mol. The van der Waals surface area contributed by atoms with E-state index in [4.69, 9.17) is 29.0 Å². The molecular weight excluding hydrogens is 365 g/mol. The van der Waals surface area contributed by atoms with Crippen LogP contribution in [0.1, 0.15) is 0 Å². The van der Waals surface area contributed by atoms with Crippen LogP contribution < -0.4 is 41.0 Å². The Kier molecular flexibility index (Phi) is 9.19. The second-order valence-corrected chi connectivity index (χ2v) is 5.07. The van der Waals surface area contributed by atoms with Gasteiger partial charge in [0.2, 0.25) is 10.4 Å². The van der Waals surface area contributed by atoms with Crippen LogP contribution in [0.25, 0.3) is 0 Å². The van der Waals surface area contributed by atoms with Crippen LogP contribution in [0.2, 0.25) is 0 Å². The van der Waals surface area contributed by atoms with Gasteiger partial charge in [0.15, 0.2) is 0 Å². The van der Waals surface area contributed by atoms with Gasteiger partial charge in [-0.05, 0) is 30.3 Å². The zero-order valence-electron chi connectivity index (χ0n) is 12.9. The molecule has 2 aromatic rings. The molecule has 0 atom stereocenters. The number of hydrogen-bond donors (Lipinski definition) is 3. The summed E-state index contributed by atoms with van der Waals surface area (Å²) in [5, 5.41) is 18.4. The van der Waals surface area contributed by atoms with Crippen molar-refractivity contribution in [1.82, 2.24) is 0 Å². The summed E-state index contributed by atoms with van der Waals surface area (Å²) in [5.41, 5.74) is 13.3. The number of nitrogen functional groups attached to an aromatic ring is 2. The molecule has 128 valence electrons. The number of benzene rings is 2. The van der Waals surface area contributed by atoms with Gasteiger partial charge in [-0.15, -0.1) is 5.11 Å². The van der Waals surface area contributed by atoms with Crippen LogP contribution in [0.15, 0.2) is 52.7 Å². The first-order valence-corrected chi connectivity index (χ1v) is 7.42. The van der Waals surface area contributed by atoms with Crippen molar-refractivity contribution < 1.29 is 52.0 Å². The first-order chi connectivity index (χ1) is 11.1. The number of non-ortho nitro benzene ring substituents is 1. The van der Waals surface area contributed by atoms with Crippen molar-refractivity contribution in [1.29, 1.82) is 0 Å². The molecule has 13 heteroatoms. The van der Waals surface area contributed by atoms with Crippen molar-refractivity contribution in [2.75, 3.05) is 11.5 Å².